The third-order valence-electron chi connectivity index (χ3n) is 2.45. The van der Waals surface area contributed by atoms with E-state index in [0.717, 1.165) is 23.7 Å². The Morgan fingerprint density at radius 1 is 1.40 bits per heavy atom. The highest BCUT2D eigenvalue weighted by Gasteiger charge is 2.20. The monoisotopic (exact) mass is 247 g/mol. The topological polar surface area (TPSA) is 21.3 Å². The molecule has 1 N–H and O–H groups in total. The maximum absolute atomic E-state index is 6.09. The van der Waals surface area contributed by atoms with Crippen molar-refractivity contribution in [2.24, 2.45) is 0 Å². The van der Waals surface area contributed by atoms with Crippen molar-refractivity contribution < 1.29 is 4.74 Å². The van der Waals surface area contributed by atoms with Crippen LogP contribution >= 0.6 is 24.0 Å². The number of halogens is 2. The summed E-state index contributed by atoms with van der Waals surface area (Å²) < 4.78 is 5.71. The van der Waals surface area contributed by atoms with E-state index in [0.29, 0.717) is 6.04 Å². The standard InChI is InChI=1S/C11H14ClNO.ClH/c1-8-7-14-11(6-13-8)9-4-2-3-5-10(9)12;/h2-5,8,11,13H,6-7H2,1H3;1H/t8-,11-;/m1./s1. The molecular weight excluding hydrogens is 233 g/mol. The van der Waals surface area contributed by atoms with E-state index in [1.165, 1.54) is 0 Å². The van der Waals surface area contributed by atoms with E-state index in [-0.39, 0.29) is 18.5 Å². The molecule has 84 valence electrons. The largest absolute Gasteiger partial charge is 0.371 e. The molecule has 4 heteroatoms. The van der Waals surface area contributed by atoms with Crippen molar-refractivity contribution in [2.75, 3.05) is 13.2 Å². The molecule has 1 heterocycles. The maximum Gasteiger partial charge on any atom is 0.0964 e. The Labute approximate surface area is 101 Å². The summed E-state index contributed by atoms with van der Waals surface area (Å²) in [6.07, 6.45) is 0.0971. The van der Waals surface area contributed by atoms with E-state index < -0.39 is 0 Å². The van der Waals surface area contributed by atoms with Crippen molar-refractivity contribution in [1.29, 1.82) is 0 Å². The van der Waals surface area contributed by atoms with Gasteiger partial charge in [0.1, 0.15) is 0 Å². The molecule has 2 atom stereocenters. The molecule has 1 aromatic carbocycles. The molecule has 0 aromatic heterocycles. The first-order valence-corrected chi connectivity index (χ1v) is 5.24. The zero-order valence-corrected chi connectivity index (χ0v) is 10.1. The molecule has 1 saturated heterocycles. The van der Waals surface area contributed by atoms with Gasteiger partial charge in [-0.2, -0.15) is 0 Å². The second-order valence-corrected chi connectivity index (χ2v) is 4.06. The van der Waals surface area contributed by atoms with E-state index in [9.17, 15) is 0 Å². The zero-order chi connectivity index (χ0) is 9.97. The van der Waals surface area contributed by atoms with Gasteiger partial charge in [-0.05, 0) is 13.0 Å². The zero-order valence-electron chi connectivity index (χ0n) is 8.57. The van der Waals surface area contributed by atoms with Crippen molar-refractivity contribution in [3.05, 3.63) is 34.9 Å². The van der Waals surface area contributed by atoms with Crippen LogP contribution in [0.25, 0.3) is 0 Å². The van der Waals surface area contributed by atoms with Crippen LogP contribution in [0.4, 0.5) is 0 Å². The summed E-state index contributed by atoms with van der Waals surface area (Å²) in [6, 6.07) is 8.28. The van der Waals surface area contributed by atoms with Gasteiger partial charge >= 0.3 is 0 Å². The van der Waals surface area contributed by atoms with Crippen LogP contribution in [0, 0.1) is 0 Å². The molecule has 1 fully saturated rings. The fourth-order valence-corrected chi connectivity index (χ4v) is 1.88. The number of ether oxygens (including phenoxy) is 1. The minimum absolute atomic E-state index is 0. The van der Waals surface area contributed by atoms with E-state index in [1.807, 2.05) is 24.3 Å². The first-order chi connectivity index (χ1) is 6.77. The number of nitrogens with one attached hydrogen (secondary N) is 1. The predicted molar refractivity (Wildman–Crippen MR) is 64.9 cm³/mol. The van der Waals surface area contributed by atoms with Crippen molar-refractivity contribution >= 4 is 24.0 Å². The van der Waals surface area contributed by atoms with Crippen LogP contribution in [-0.4, -0.2) is 19.2 Å². The van der Waals surface area contributed by atoms with Gasteiger partial charge in [-0.1, -0.05) is 29.8 Å². The van der Waals surface area contributed by atoms with Crippen LogP contribution in [0.5, 0.6) is 0 Å². The van der Waals surface area contributed by atoms with Gasteiger partial charge in [0.05, 0.1) is 12.7 Å². The second-order valence-electron chi connectivity index (χ2n) is 3.65. The Morgan fingerprint density at radius 3 is 2.73 bits per heavy atom. The molecular formula is C11H15Cl2NO. The average Bonchev–Trinajstić information content (AvgIpc) is 2.20. The first kappa shape index (κ1) is 12.8. The van der Waals surface area contributed by atoms with Crippen molar-refractivity contribution in [3.8, 4) is 0 Å². The van der Waals surface area contributed by atoms with Crippen LogP contribution in [-0.2, 0) is 4.74 Å². The minimum Gasteiger partial charge on any atom is -0.371 e. The molecule has 1 aromatic rings. The summed E-state index contributed by atoms with van der Waals surface area (Å²) in [5.74, 6) is 0. The van der Waals surface area contributed by atoms with Gasteiger partial charge < -0.3 is 10.1 Å². The normalized spacial score (nSPS) is 25.7. The highest BCUT2D eigenvalue weighted by Crippen LogP contribution is 2.26. The lowest BCUT2D eigenvalue weighted by Gasteiger charge is -2.28. The van der Waals surface area contributed by atoms with Gasteiger partial charge in [-0.3, -0.25) is 0 Å². The van der Waals surface area contributed by atoms with Crippen molar-refractivity contribution in [2.45, 2.75) is 19.1 Å². The summed E-state index contributed by atoms with van der Waals surface area (Å²) in [5, 5.41) is 4.16. The Kier molecular flexibility index (Phi) is 4.87. The van der Waals surface area contributed by atoms with Gasteiger partial charge in [-0.25, -0.2) is 0 Å². The minimum atomic E-state index is 0. The molecule has 0 saturated carbocycles. The van der Waals surface area contributed by atoms with Gasteiger partial charge in [-0.15, -0.1) is 12.4 Å². The smallest absolute Gasteiger partial charge is 0.0964 e. The molecule has 15 heavy (non-hydrogen) atoms. The Bertz CT molecular complexity index is 311. The summed E-state index contributed by atoms with van der Waals surface area (Å²) in [6.45, 7) is 3.70. The van der Waals surface area contributed by atoms with Crippen LogP contribution in [0.15, 0.2) is 24.3 Å². The molecule has 0 aliphatic carbocycles. The maximum atomic E-state index is 6.09. The van der Waals surface area contributed by atoms with Gasteiger partial charge in [0.15, 0.2) is 0 Å². The predicted octanol–water partition coefficient (Wildman–Crippen LogP) is 2.81. The lowest BCUT2D eigenvalue weighted by Crippen LogP contribution is -2.40. The van der Waals surface area contributed by atoms with E-state index in [2.05, 4.69) is 12.2 Å². The summed E-state index contributed by atoms with van der Waals surface area (Å²) >= 11 is 6.09. The molecule has 0 amide bonds. The van der Waals surface area contributed by atoms with Gasteiger partial charge in [0.2, 0.25) is 0 Å². The van der Waals surface area contributed by atoms with Crippen LogP contribution < -0.4 is 5.32 Å². The number of benzene rings is 1. The van der Waals surface area contributed by atoms with Gasteiger partial charge in [0.25, 0.3) is 0 Å². The van der Waals surface area contributed by atoms with E-state index >= 15 is 0 Å². The Balaban J connectivity index is 0.00000112. The molecule has 2 rings (SSSR count). The van der Waals surface area contributed by atoms with Gasteiger partial charge in [0, 0.05) is 23.2 Å². The quantitative estimate of drug-likeness (QED) is 0.825. The lowest BCUT2D eigenvalue weighted by molar-refractivity contribution is 0.00701. The summed E-state index contributed by atoms with van der Waals surface area (Å²) in [7, 11) is 0. The second kappa shape index (κ2) is 5.71. The fourth-order valence-electron chi connectivity index (χ4n) is 1.62. The van der Waals surface area contributed by atoms with Crippen molar-refractivity contribution in [3.63, 3.8) is 0 Å². The molecule has 0 radical (unpaired) electrons. The SMILES string of the molecule is C[C@@H]1CO[C@@H](c2ccccc2Cl)CN1.Cl. The highest BCUT2D eigenvalue weighted by atomic mass is 35.5. The first-order valence-electron chi connectivity index (χ1n) is 4.87. The van der Waals surface area contributed by atoms with Crippen LogP contribution in [0.2, 0.25) is 5.02 Å². The number of hydrogen-bond acceptors (Lipinski definition) is 2. The number of morpholine rings is 1. The third-order valence-corrected chi connectivity index (χ3v) is 2.80. The van der Waals surface area contributed by atoms with E-state index in [1.54, 1.807) is 0 Å². The average molecular weight is 248 g/mol. The number of hydrogen-bond donors (Lipinski definition) is 1. The summed E-state index contributed by atoms with van der Waals surface area (Å²) in [5.41, 5.74) is 1.08. The lowest BCUT2D eigenvalue weighted by atomic mass is 10.1. The number of rotatable bonds is 1. The van der Waals surface area contributed by atoms with Crippen LogP contribution in [0.1, 0.15) is 18.6 Å². The molecule has 0 unspecified atom stereocenters. The molecule has 1 aliphatic rings. The summed E-state index contributed by atoms with van der Waals surface area (Å²) in [4.78, 5) is 0. The van der Waals surface area contributed by atoms with Crippen LogP contribution in [0.3, 0.4) is 0 Å². The third kappa shape index (κ3) is 3.08. The highest BCUT2D eigenvalue weighted by molar-refractivity contribution is 6.31. The Morgan fingerprint density at radius 2 is 2.13 bits per heavy atom. The molecule has 0 spiro atoms. The molecule has 2 nitrogen and oxygen atoms in total. The fraction of sp³-hybridized carbons (Fsp3) is 0.455. The molecule has 1 aliphatic heterocycles. The molecule has 0 bridgehead atoms. The Hall–Kier alpha value is -0.280. The van der Waals surface area contributed by atoms with Crippen molar-refractivity contribution in [1.82, 2.24) is 5.32 Å². The van der Waals surface area contributed by atoms with E-state index in [4.69, 9.17) is 16.3 Å².